The summed E-state index contributed by atoms with van der Waals surface area (Å²) in [5.74, 6) is 0.156. The number of para-hydroxylation sites is 2. The summed E-state index contributed by atoms with van der Waals surface area (Å²) in [6, 6.07) is 12.9. The average Bonchev–Trinajstić information content (AvgIpc) is 2.72. The van der Waals surface area contributed by atoms with E-state index in [4.69, 9.17) is 23.2 Å². The Morgan fingerprint density at radius 1 is 1.05 bits per heavy atom. The maximum atomic E-state index is 10.2. The minimum absolute atomic E-state index is 0.156. The lowest BCUT2D eigenvalue weighted by Gasteiger charge is -2.00. The number of halogens is 2. The van der Waals surface area contributed by atoms with Gasteiger partial charge in [-0.1, -0.05) is 47.5 Å². The van der Waals surface area contributed by atoms with Gasteiger partial charge in [0.1, 0.15) is 5.69 Å². The van der Waals surface area contributed by atoms with Gasteiger partial charge in [-0.25, -0.2) is 0 Å². The number of aliphatic imine (C=N–C) groups is 1. The number of fused-ring (bicyclic) bond motifs is 1. The highest BCUT2D eigenvalue weighted by Crippen LogP contribution is 2.34. The van der Waals surface area contributed by atoms with Gasteiger partial charge in [0, 0.05) is 18.6 Å². The van der Waals surface area contributed by atoms with Gasteiger partial charge < -0.3 is 9.67 Å². The second kappa shape index (κ2) is 5.43. The molecule has 0 bridgehead atoms. The minimum Gasteiger partial charge on any atom is -0.494 e. The number of hydrogen-bond acceptors (Lipinski definition) is 2. The van der Waals surface area contributed by atoms with Crippen LogP contribution < -0.4 is 0 Å². The Kier molecular flexibility index (Phi) is 3.62. The van der Waals surface area contributed by atoms with Crippen LogP contribution in [0.5, 0.6) is 5.88 Å². The van der Waals surface area contributed by atoms with Gasteiger partial charge >= 0.3 is 0 Å². The van der Waals surface area contributed by atoms with Gasteiger partial charge in [0.15, 0.2) is 0 Å². The molecule has 0 fully saturated rings. The lowest BCUT2D eigenvalue weighted by molar-refractivity contribution is 0.434. The fraction of sp³-hybridized carbons (Fsp3) is 0.0625. The normalized spacial score (nSPS) is 11.6. The smallest absolute Gasteiger partial charge is 0.200 e. The van der Waals surface area contributed by atoms with Crippen LogP contribution in [0.25, 0.3) is 10.9 Å². The minimum atomic E-state index is 0.156. The molecule has 0 atom stereocenters. The van der Waals surface area contributed by atoms with Crippen molar-refractivity contribution in [3.05, 3.63) is 58.1 Å². The molecule has 3 rings (SSSR count). The molecule has 0 saturated heterocycles. The van der Waals surface area contributed by atoms with E-state index in [2.05, 4.69) is 4.99 Å². The van der Waals surface area contributed by atoms with Crippen LogP contribution in [-0.4, -0.2) is 15.9 Å². The standard InChI is InChI=1S/C16H12Cl2N2O/c1-20-14-8-3-2-5-10(14)11(16(20)21)9-19-15-12(17)6-4-7-13(15)18/h2-9,21H,1H3. The Bertz CT molecular complexity index is 833. The number of aromatic hydroxyl groups is 1. The molecule has 1 aromatic heterocycles. The Morgan fingerprint density at radius 3 is 2.43 bits per heavy atom. The fourth-order valence-electron chi connectivity index (χ4n) is 2.28. The van der Waals surface area contributed by atoms with E-state index in [-0.39, 0.29) is 5.88 Å². The first-order chi connectivity index (χ1) is 10.1. The molecule has 0 aliphatic carbocycles. The zero-order valence-electron chi connectivity index (χ0n) is 11.2. The van der Waals surface area contributed by atoms with Gasteiger partial charge in [-0.2, -0.15) is 0 Å². The summed E-state index contributed by atoms with van der Waals surface area (Å²) >= 11 is 12.2. The molecule has 0 aliphatic heterocycles. The molecule has 2 aromatic carbocycles. The van der Waals surface area contributed by atoms with Crippen molar-refractivity contribution < 1.29 is 5.11 Å². The first-order valence-corrected chi connectivity index (χ1v) is 7.09. The number of rotatable bonds is 2. The zero-order chi connectivity index (χ0) is 15.0. The zero-order valence-corrected chi connectivity index (χ0v) is 12.7. The van der Waals surface area contributed by atoms with Crippen molar-refractivity contribution in [1.82, 2.24) is 4.57 Å². The Labute approximate surface area is 132 Å². The Hall–Kier alpha value is -1.97. The molecule has 1 N–H and O–H groups in total. The molecule has 0 unspecified atom stereocenters. The van der Waals surface area contributed by atoms with E-state index in [0.29, 0.717) is 21.3 Å². The topological polar surface area (TPSA) is 37.5 Å². The van der Waals surface area contributed by atoms with Gasteiger partial charge in [0.05, 0.1) is 21.1 Å². The largest absolute Gasteiger partial charge is 0.494 e. The average molecular weight is 319 g/mol. The van der Waals surface area contributed by atoms with E-state index in [1.165, 1.54) is 0 Å². The molecular formula is C16H12Cl2N2O. The van der Waals surface area contributed by atoms with E-state index < -0.39 is 0 Å². The highest BCUT2D eigenvalue weighted by atomic mass is 35.5. The maximum Gasteiger partial charge on any atom is 0.200 e. The maximum absolute atomic E-state index is 10.2. The molecule has 106 valence electrons. The van der Waals surface area contributed by atoms with Gasteiger partial charge in [-0.05, 0) is 18.2 Å². The van der Waals surface area contributed by atoms with Gasteiger partial charge in [0.25, 0.3) is 0 Å². The lowest BCUT2D eigenvalue weighted by atomic mass is 10.2. The van der Waals surface area contributed by atoms with Crippen LogP contribution in [0.3, 0.4) is 0 Å². The van der Waals surface area contributed by atoms with Crippen molar-refractivity contribution in [3.63, 3.8) is 0 Å². The molecule has 3 nitrogen and oxygen atoms in total. The predicted octanol–water partition coefficient (Wildman–Crippen LogP) is 4.94. The van der Waals surface area contributed by atoms with Crippen LogP contribution in [0.15, 0.2) is 47.5 Å². The molecule has 0 saturated carbocycles. The van der Waals surface area contributed by atoms with Crippen LogP contribution in [0.2, 0.25) is 10.0 Å². The third-order valence-electron chi connectivity index (χ3n) is 3.37. The quantitative estimate of drug-likeness (QED) is 0.667. The van der Waals surface area contributed by atoms with E-state index in [1.807, 2.05) is 24.3 Å². The number of aromatic nitrogens is 1. The molecule has 3 aromatic rings. The summed E-state index contributed by atoms with van der Waals surface area (Å²) in [5, 5.41) is 12.1. The van der Waals surface area contributed by atoms with Gasteiger partial charge in [-0.15, -0.1) is 0 Å². The molecule has 1 heterocycles. The van der Waals surface area contributed by atoms with E-state index in [9.17, 15) is 5.11 Å². The number of nitrogens with zero attached hydrogens (tertiary/aromatic N) is 2. The lowest BCUT2D eigenvalue weighted by Crippen LogP contribution is -1.86. The predicted molar refractivity (Wildman–Crippen MR) is 88.3 cm³/mol. The first-order valence-electron chi connectivity index (χ1n) is 6.34. The fourth-order valence-corrected chi connectivity index (χ4v) is 2.77. The number of aryl methyl sites for hydroxylation is 1. The van der Waals surface area contributed by atoms with Gasteiger partial charge in [-0.3, -0.25) is 4.99 Å². The molecule has 5 heteroatoms. The van der Waals surface area contributed by atoms with E-state index >= 15 is 0 Å². The summed E-state index contributed by atoms with van der Waals surface area (Å²) in [7, 11) is 1.80. The molecule has 21 heavy (non-hydrogen) atoms. The Balaban J connectivity index is 2.14. The molecule has 0 radical (unpaired) electrons. The van der Waals surface area contributed by atoms with Crippen LogP contribution in [0, 0.1) is 0 Å². The van der Waals surface area contributed by atoms with Crippen molar-refractivity contribution in [1.29, 1.82) is 0 Å². The number of benzene rings is 2. The summed E-state index contributed by atoms with van der Waals surface area (Å²) in [6.07, 6.45) is 1.59. The van der Waals surface area contributed by atoms with Crippen molar-refractivity contribution >= 4 is 46.0 Å². The molecule has 0 amide bonds. The monoisotopic (exact) mass is 318 g/mol. The third kappa shape index (κ3) is 2.39. The summed E-state index contributed by atoms with van der Waals surface area (Å²) in [5.41, 5.74) is 2.07. The highest BCUT2D eigenvalue weighted by molar-refractivity contribution is 6.38. The van der Waals surface area contributed by atoms with Crippen LogP contribution in [0.4, 0.5) is 5.69 Å². The molecule has 0 aliphatic rings. The summed E-state index contributed by atoms with van der Waals surface area (Å²) < 4.78 is 1.71. The molecule has 0 spiro atoms. The van der Waals surface area contributed by atoms with E-state index in [1.54, 1.807) is 36.0 Å². The van der Waals surface area contributed by atoms with Crippen LogP contribution >= 0.6 is 23.2 Å². The summed E-state index contributed by atoms with van der Waals surface area (Å²) in [4.78, 5) is 4.34. The van der Waals surface area contributed by atoms with Crippen molar-refractivity contribution in [2.75, 3.05) is 0 Å². The second-order valence-corrected chi connectivity index (χ2v) is 5.46. The Morgan fingerprint density at radius 2 is 1.71 bits per heavy atom. The third-order valence-corrected chi connectivity index (χ3v) is 3.98. The van der Waals surface area contributed by atoms with Crippen LogP contribution in [0.1, 0.15) is 5.56 Å². The first kappa shape index (κ1) is 14.0. The number of hydrogen-bond donors (Lipinski definition) is 1. The SMILES string of the molecule is Cn1c(O)c(C=Nc2c(Cl)cccc2Cl)c2ccccc21. The van der Waals surface area contributed by atoms with Crippen molar-refractivity contribution in [2.24, 2.45) is 12.0 Å². The summed E-state index contributed by atoms with van der Waals surface area (Å²) in [6.45, 7) is 0. The second-order valence-electron chi connectivity index (χ2n) is 4.64. The van der Waals surface area contributed by atoms with Crippen molar-refractivity contribution in [2.45, 2.75) is 0 Å². The molecular weight excluding hydrogens is 307 g/mol. The van der Waals surface area contributed by atoms with Crippen LogP contribution in [-0.2, 0) is 7.05 Å². The highest BCUT2D eigenvalue weighted by Gasteiger charge is 2.12. The van der Waals surface area contributed by atoms with Gasteiger partial charge in [0.2, 0.25) is 5.88 Å². The van der Waals surface area contributed by atoms with E-state index in [0.717, 1.165) is 10.9 Å². The van der Waals surface area contributed by atoms with Crippen molar-refractivity contribution in [3.8, 4) is 5.88 Å².